The molecule has 19 heavy (non-hydrogen) atoms. The van der Waals surface area contributed by atoms with Gasteiger partial charge in [-0.3, -0.25) is 4.79 Å². The van der Waals surface area contributed by atoms with Crippen LogP contribution >= 0.6 is 0 Å². The molecule has 0 amide bonds. The second-order valence-electron chi connectivity index (χ2n) is 5.21. The first kappa shape index (κ1) is 13.7. The molecule has 2 atom stereocenters. The molecule has 2 unspecified atom stereocenters. The van der Waals surface area contributed by atoms with E-state index in [4.69, 9.17) is 14.6 Å². The Hall–Kier alpha value is -1.71. The third kappa shape index (κ3) is 2.83. The summed E-state index contributed by atoms with van der Waals surface area (Å²) in [6.45, 7) is 2.13. The first-order valence-corrected chi connectivity index (χ1v) is 6.51. The van der Waals surface area contributed by atoms with E-state index in [1.165, 1.54) is 5.56 Å². The molecule has 0 saturated carbocycles. The molecule has 4 heteroatoms. The molecule has 0 spiro atoms. The molecule has 0 radical (unpaired) electrons. The predicted octanol–water partition coefficient (Wildman–Crippen LogP) is 2.84. The topological polar surface area (TPSA) is 55.8 Å². The van der Waals surface area contributed by atoms with E-state index in [1.54, 1.807) is 14.2 Å². The summed E-state index contributed by atoms with van der Waals surface area (Å²) in [5, 5.41) is 8.95. The standard InChI is InChI=1S/C15H20O4/c1-9-4-10(6-14(16)17)5-11-7-12(18-2)8-13(19-3)15(9)11/h7-10H,4-6H2,1-3H3,(H,16,17). The number of hydrogen-bond acceptors (Lipinski definition) is 3. The zero-order valence-corrected chi connectivity index (χ0v) is 11.6. The molecule has 0 heterocycles. The molecule has 1 aliphatic rings. The maximum Gasteiger partial charge on any atom is 0.303 e. The summed E-state index contributed by atoms with van der Waals surface area (Å²) in [7, 11) is 3.28. The Labute approximate surface area is 113 Å². The molecule has 0 aliphatic heterocycles. The number of aliphatic carboxylic acids is 1. The van der Waals surface area contributed by atoms with Crippen LogP contribution in [0.3, 0.4) is 0 Å². The van der Waals surface area contributed by atoms with E-state index in [0.29, 0.717) is 5.92 Å². The van der Waals surface area contributed by atoms with Gasteiger partial charge in [-0.15, -0.1) is 0 Å². The Kier molecular flexibility index (Phi) is 3.98. The summed E-state index contributed by atoms with van der Waals surface area (Å²) in [6.07, 6.45) is 1.89. The molecule has 0 saturated heterocycles. The van der Waals surface area contributed by atoms with Gasteiger partial charge >= 0.3 is 5.97 Å². The SMILES string of the molecule is COc1cc2c(c(OC)c1)C(C)CC(CC(=O)O)C2. The monoisotopic (exact) mass is 264 g/mol. The van der Waals surface area contributed by atoms with E-state index >= 15 is 0 Å². The van der Waals surface area contributed by atoms with Gasteiger partial charge in [0, 0.05) is 18.1 Å². The van der Waals surface area contributed by atoms with Crippen molar-refractivity contribution in [2.24, 2.45) is 5.92 Å². The highest BCUT2D eigenvalue weighted by molar-refractivity contribution is 5.67. The molecule has 104 valence electrons. The molecule has 0 aromatic heterocycles. The highest BCUT2D eigenvalue weighted by atomic mass is 16.5. The van der Waals surface area contributed by atoms with Crippen molar-refractivity contribution in [1.29, 1.82) is 0 Å². The minimum absolute atomic E-state index is 0.191. The van der Waals surface area contributed by atoms with Crippen LogP contribution in [0, 0.1) is 5.92 Å². The fourth-order valence-corrected chi connectivity index (χ4v) is 3.09. The summed E-state index contributed by atoms with van der Waals surface area (Å²) in [5.74, 6) is 1.38. The number of ether oxygens (including phenoxy) is 2. The highest BCUT2D eigenvalue weighted by Crippen LogP contribution is 2.43. The Morgan fingerprint density at radius 3 is 2.68 bits per heavy atom. The maximum atomic E-state index is 10.9. The maximum absolute atomic E-state index is 10.9. The van der Waals surface area contributed by atoms with Crippen molar-refractivity contribution in [2.75, 3.05) is 14.2 Å². The summed E-state index contributed by atoms with van der Waals surface area (Å²) in [4.78, 5) is 10.9. The summed E-state index contributed by atoms with van der Waals surface area (Å²) in [5.41, 5.74) is 2.35. The normalized spacial score (nSPS) is 21.6. The predicted molar refractivity (Wildman–Crippen MR) is 72.0 cm³/mol. The van der Waals surface area contributed by atoms with Gasteiger partial charge in [-0.2, -0.15) is 0 Å². The highest BCUT2D eigenvalue weighted by Gasteiger charge is 2.29. The van der Waals surface area contributed by atoms with Crippen LogP contribution in [-0.4, -0.2) is 25.3 Å². The second-order valence-corrected chi connectivity index (χ2v) is 5.21. The van der Waals surface area contributed by atoms with Gasteiger partial charge in [-0.05, 0) is 36.3 Å². The van der Waals surface area contributed by atoms with E-state index in [9.17, 15) is 4.79 Å². The molecule has 2 rings (SSSR count). The zero-order chi connectivity index (χ0) is 14.0. The number of rotatable bonds is 4. The fourth-order valence-electron chi connectivity index (χ4n) is 3.09. The van der Waals surface area contributed by atoms with Gasteiger partial charge < -0.3 is 14.6 Å². The molecule has 4 nitrogen and oxygen atoms in total. The lowest BCUT2D eigenvalue weighted by atomic mass is 9.76. The molecule has 1 aromatic rings. The Morgan fingerprint density at radius 1 is 1.37 bits per heavy atom. The number of benzene rings is 1. The van der Waals surface area contributed by atoms with Crippen LogP contribution in [0.2, 0.25) is 0 Å². The molecule has 0 fully saturated rings. The van der Waals surface area contributed by atoms with Crippen molar-refractivity contribution < 1.29 is 19.4 Å². The van der Waals surface area contributed by atoms with E-state index < -0.39 is 5.97 Å². The lowest BCUT2D eigenvalue weighted by Gasteiger charge is -2.30. The largest absolute Gasteiger partial charge is 0.497 e. The summed E-state index contributed by atoms with van der Waals surface area (Å²) >= 11 is 0. The zero-order valence-electron chi connectivity index (χ0n) is 11.6. The Bertz CT molecular complexity index is 481. The van der Waals surface area contributed by atoms with Crippen LogP contribution in [0.1, 0.15) is 36.8 Å². The molecule has 0 bridgehead atoms. The van der Waals surface area contributed by atoms with Crippen LogP contribution in [0.25, 0.3) is 0 Å². The van der Waals surface area contributed by atoms with Crippen molar-refractivity contribution in [3.8, 4) is 11.5 Å². The average Bonchev–Trinajstić information content (AvgIpc) is 2.36. The number of carbonyl (C=O) groups is 1. The Morgan fingerprint density at radius 2 is 2.11 bits per heavy atom. The molecular formula is C15H20O4. The first-order valence-electron chi connectivity index (χ1n) is 6.51. The van der Waals surface area contributed by atoms with Crippen molar-refractivity contribution >= 4 is 5.97 Å². The van der Waals surface area contributed by atoms with Gasteiger partial charge in [0.15, 0.2) is 0 Å². The number of carboxylic acid groups (broad SMARTS) is 1. The molecular weight excluding hydrogens is 244 g/mol. The van der Waals surface area contributed by atoms with Gasteiger partial charge in [0.1, 0.15) is 11.5 Å². The van der Waals surface area contributed by atoms with E-state index in [0.717, 1.165) is 29.9 Å². The van der Waals surface area contributed by atoms with Crippen molar-refractivity contribution in [3.63, 3.8) is 0 Å². The average molecular weight is 264 g/mol. The van der Waals surface area contributed by atoms with Crippen molar-refractivity contribution in [2.45, 2.75) is 32.1 Å². The minimum Gasteiger partial charge on any atom is -0.497 e. The minimum atomic E-state index is -0.726. The third-order valence-corrected chi connectivity index (χ3v) is 3.81. The number of fused-ring (bicyclic) bond motifs is 1. The lowest BCUT2D eigenvalue weighted by molar-refractivity contribution is -0.138. The van der Waals surface area contributed by atoms with Crippen LogP contribution in [0.5, 0.6) is 11.5 Å². The van der Waals surface area contributed by atoms with E-state index in [2.05, 4.69) is 6.92 Å². The third-order valence-electron chi connectivity index (χ3n) is 3.81. The smallest absolute Gasteiger partial charge is 0.303 e. The first-order chi connectivity index (χ1) is 9.05. The molecule has 1 aromatic carbocycles. The van der Waals surface area contributed by atoms with Gasteiger partial charge in [0.05, 0.1) is 14.2 Å². The van der Waals surface area contributed by atoms with Gasteiger partial charge in [0.25, 0.3) is 0 Å². The van der Waals surface area contributed by atoms with E-state index in [-0.39, 0.29) is 12.3 Å². The number of carboxylic acids is 1. The van der Waals surface area contributed by atoms with Gasteiger partial charge in [0.2, 0.25) is 0 Å². The molecule has 1 aliphatic carbocycles. The fraction of sp³-hybridized carbons (Fsp3) is 0.533. The van der Waals surface area contributed by atoms with Crippen LogP contribution in [-0.2, 0) is 11.2 Å². The van der Waals surface area contributed by atoms with Crippen LogP contribution in [0.4, 0.5) is 0 Å². The Balaban J connectivity index is 2.37. The summed E-state index contributed by atoms with van der Waals surface area (Å²) < 4.78 is 10.7. The van der Waals surface area contributed by atoms with Gasteiger partial charge in [-0.25, -0.2) is 0 Å². The lowest BCUT2D eigenvalue weighted by Crippen LogP contribution is -2.20. The van der Waals surface area contributed by atoms with Crippen molar-refractivity contribution in [3.05, 3.63) is 23.3 Å². The number of methoxy groups -OCH3 is 2. The van der Waals surface area contributed by atoms with Crippen LogP contribution < -0.4 is 9.47 Å². The summed E-state index contributed by atoms with van der Waals surface area (Å²) in [6, 6.07) is 3.90. The van der Waals surface area contributed by atoms with Gasteiger partial charge in [-0.1, -0.05) is 6.92 Å². The number of hydrogen-bond donors (Lipinski definition) is 1. The van der Waals surface area contributed by atoms with Crippen molar-refractivity contribution in [1.82, 2.24) is 0 Å². The molecule has 1 N–H and O–H groups in total. The second kappa shape index (κ2) is 5.51. The quantitative estimate of drug-likeness (QED) is 0.908. The van der Waals surface area contributed by atoms with Crippen LogP contribution in [0.15, 0.2) is 12.1 Å². The van der Waals surface area contributed by atoms with E-state index in [1.807, 2.05) is 12.1 Å².